The molecule has 0 bridgehead atoms. The first kappa shape index (κ1) is 29.5. The molecule has 0 fully saturated rings. The van der Waals surface area contributed by atoms with E-state index >= 15 is 0 Å². The van der Waals surface area contributed by atoms with Crippen LogP contribution in [0, 0.1) is 5.82 Å². The van der Waals surface area contributed by atoms with Crippen LogP contribution in [0.4, 0.5) is 28.0 Å². The number of urea groups is 1. The number of nitrogens with one attached hydrogen (secondary N) is 1. The van der Waals surface area contributed by atoms with Gasteiger partial charge in [0.05, 0.1) is 31.0 Å². The van der Waals surface area contributed by atoms with Gasteiger partial charge in [0.15, 0.2) is 0 Å². The van der Waals surface area contributed by atoms with Crippen LogP contribution in [0.2, 0.25) is 0 Å². The standard InChI is InChI=1S/C29H28F4N4O4/c1-40-16-15-36(28(39)34-20-13-11-19(12-14-20)29(31,32)33)18-27(38)37-25(22-8-4-6-10-26(22)41-2)17-24(35-37)21-7-3-5-9-23(21)30/h3-14,25H,15-18H2,1-2H3,(H,34,39)/t25-/m0/s1. The van der Waals surface area contributed by atoms with Gasteiger partial charge >= 0.3 is 12.2 Å². The number of anilines is 1. The zero-order valence-electron chi connectivity index (χ0n) is 22.3. The van der Waals surface area contributed by atoms with Crippen LogP contribution in [0.3, 0.4) is 0 Å². The fourth-order valence-corrected chi connectivity index (χ4v) is 4.42. The Morgan fingerprint density at radius 3 is 2.37 bits per heavy atom. The van der Waals surface area contributed by atoms with Crippen molar-refractivity contribution in [3.8, 4) is 5.75 Å². The number of halogens is 4. The molecule has 1 N–H and O–H groups in total. The van der Waals surface area contributed by atoms with Crippen LogP contribution < -0.4 is 10.1 Å². The molecule has 0 saturated carbocycles. The Kier molecular flexibility index (Phi) is 9.23. The molecule has 41 heavy (non-hydrogen) atoms. The van der Waals surface area contributed by atoms with E-state index in [0.717, 1.165) is 24.3 Å². The van der Waals surface area contributed by atoms with Gasteiger partial charge in [-0.15, -0.1) is 0 Å². The number of hydrazone groups is 1. The SMILES string of the molecule is COCCN(CC(=O)N1N=C(c2ccccc2F)C[C@H]1c1ccccc1OC)C(=O)Nc1ccc(C(F)(F)F)cc1. The number of carbonyl (C=O) groups excluding carboxylic acids is 2. The number of benzene rings is 3. The lowest BCUT2D eigenvalue weighted by Gasteiger charge is -2.27. The van der Waals surface area contributed by atoms with Crippen LogP contribution in [0.25, 0.3) is 0 Å². The quantitative estimate of drug-likeness (QED) is 0.333. The number of hydrogen-bond donors (Lipinski definition) is 1. The lowest BCUT2D eigenvalue weighted by Crippen LogP contribution is -2.44. The summed E-state index contributed by atoms with van der Waals surface area (Å²) in [6, 6.07) is 15.8. The average Bonchev–Trinajstić information content (AvgIpc) is 3.40. The predicted molar refractivity (Wildman–Crippen MR) is 144 cm³/mol. The molecule has 0 unspecified atom stereocenters. The molecular weight excluding hydrogens is 544 g/mol. The molecule has 3 amide bonds. The third-order valence-electron chi connectivity index (χ3n) is 6.49. The van der Waals surface area contributed by atoms with Crippen LogP contribution in [0.1, 0.15) is 29.2 Å². The first-order valence-corrected chi connectivity index (χ1v) is 12.6. The molecule has 1 aliphatic rings. The van der Waals surface area contributed by atoms with Gasteiger partial charge in [0.2, 0.25) is 0 Å². The van der Waals surface area contributed by atoms with Crippen molar-refractivity contribution < 1.29 is 36.6 Å². The highest BCUT2D eigenvalue weighted by molar-refractivity contribution is 6.03. The van der Waals surface area contributed by atoms with Crippen LogP contribution in [0.15, 0.2) is 77.9 Å². The van der Waals surface area contributed by atoms with E-state index in [1.54, 1.807) is 42.5 Å². The summed E-state index contributed by atoms with van der Waals surface area (Å²) in [7, 11) is 2.92. The minimum Gasteiger partial charge on any atom is -0.496 e. The van der Waals surface area contributed by atoms with Gasteiger partial charge < -0.3 is 19.7 Å². The highest BCUT2D eigenvalue weighted by Crippen LogP contribution is 2.38. The fraction of sp³-hybridized carbons (Fsp3) is 0.276. The summed E-state index contributed by atoms with van der Waals surface area (Å²) < 4.78 is 64.0. The van der Waals surface area contributed by atoms with E-state index in [-0.39, 0.29) is 30.8 Å². The van der Waals surface area contributed by atoms with Crippen molar-refractivity contribution in [2.45, 2.75) is 18.6 Å². The highest BCUT2D eigenvalue weighted by atomic mass is 19.4. The molecule has 1 aliphatic heterocycles. The molecule has 0 spiro atoms. The van der Waals surface area contributed by atoms with E-state index in [1.165, 1.54) is 30.2 Å². The van der Waals surface area contributed by atoms with Crippen LogP contribution in [-0.2, 0) is 15.7 Å². The molecule has 0 aliphatic carbocycles. The number of carbonyl (C=O) groups is 2. The Morgan fingerprint density at radius 1 is 1.02 bits per heavy atom. The average molecular weight is 573 g/mol. The molecule has 0 saturated heterocycles. The van der Waals surface area contributed by atoms with Crippen molar-refractivity contribution >= 4 is 23.3 Å². The smallest absolute Gasteiger partial charge is 0.416 e. The Morgan fingerprint density at radius 2 is 1.71 bits per heavy atom. The van der Waals surface area contributed by atoms with Crippen LogP contribution in [0.5, 0.6) is 5.75 Å². The summed E-state index contributed by atoms with van der Waals surface area (Å²) in [4.78, 5) is 27.9. The van der Waals surface area contributed by atoms with Gasteiger partial charge in [-0.2, -0.15) is 18.3 Å². The number of alkyl halides is 3. The Labute approximate surface area is 234 Å². The number of nitrogens with zero attached hydrogens (tertiary/aromatic N) is 3. The van der Waals surface area contributed by atoms with Gasteiger partial charge in [0.25, 0.3) is 5.91 Å². The van der Waals surface area contributed by atoms with Crippen LogP contribution in [-0.4, -0.2) is 61.5 Å². The summed E-state index contributed by atoms with van der Waals surface area (Å²) in [6.07, 6.45) is -4.32. The Bertz CT molecular complexity index is 1410. The molecule has 0 radical (unpaired) electrons. The highest BCUT2D eigenvalue weighted by Gasteiger charge is 2.36. The normalized spacial score (nSPS) is 14.9. The summed E-state index contributed by atoms with van der Waals surface area (Å²) >= 11 is 0. The second-order valence-corrected chi connectivity index (χ2v) is 9.15. The number of para-hydroxylation sites is 1. The van der Waals surface area contributed by atoms with E-state index in [9.17, 15) is 27.2 Å². The third-order valence-corrected chi connectivity index (χ3v) is 6.49. The zero-order chi connectivity index (χ0) is 29.6. The topological polar surface area (TPSA) is 83.5 Å². The lowest BCUT2D eigenvalue weighted by atomic mass is 9.97. The molecule has 0 aromatic heterocycles. The maximum absolute atomic E-state index is 14.7. The second kappa shape index (κ2) is 12.8. The minimum atomic E-state index is -4.52. The summed E-state index contributed by atoms with van der Waals surface area (Å²) in [5, 5.41) is 8.20. The summed E-state index contributed by atoms with van der Waals surface area (Å²) in [6.45, 7) is -0.339. The van der Waals surface area contributed by atoms with E-state index in [2.05, 4.69) is 10.4 Å². The summed E-state index contributed by atoms with van der Waals surface area (Å²) in [5.74, 6) is -0.542. The van der Waals surface area contributed by atoms with Crippen molar-refractivity contribution in [2.24, 2.45) is 5.10 Å². The maximum atomic E-state index is 14.7. The van der Waals surface area contributed by atoms with Gasteiger partial charge in [-0.05, 0) is 36.4 Å². The van der Waals surface area contributed by atoms with Gasteiger partial charge in [-0.3, -0.25) is 4.79 Å². The molecule has 12 heteroatoms. The van der Waals surface area contributed by atoms with E-state index in [4.69, 9.17) is 9.47 Å². The molecule has 1 heterocycles. The monoisotopic (exact) mass is 572 g/mol. The number of amides is 3. The van der Waals surface area contributed by atoms with Crippen molar-refractivity contribution in [3.63, 3.8) is 0 Å². The predicted octanol–water partition coefficient (Wildman–Crippen LogP) is 5.71. The van der Waals surface area contributed by atoms with E-state index in [1.807, 2.05) is 0 Å². The molecule has 1 atom stereocenters. The van der Waals surface area contributed by atoms with Crippen LogP contribution >= 0.6 is 0 Å². The number of ether oxygens (including phenoxy) is 2. The zero-order valence-corrected chi connectivity index (χ0v) is 22.3. The van der Waals surface area contributed by atoms with Crippen molar-refractivity contribution in [1.29, 1.82) is 0 Å². The van der Waals surface area contributed by atoms with Gasteiger partial charge in [0, 0.05) is 36.9 Å². The van der Waals surface area contributed by atoms with Gasteiger partial charge in [0.1, 0.15) is 18.1 Å². The molecule has 4 rings (SSSR count). The second-order valence-electron chi connectivity index (χ2n) is 9.15. The van der Waals surface area contributed by atoms with Gasteiger partial charge in [-0.1, -0.05) is 36.4 Å². The molecule has 3 aromatic rings. The van der Waals surface area contributed by atoms with Crippen molar-refractivity contribution in [1.82, 2.24) is 9.91 Å². The third kappa shape index (κ3) is 7.01. The van der Waals surface area contributed by atoms with E-state index in [0.29, 0.717) is 17.0 Å². The van der Waals surface area contributed by atoms with Gasteiger partial charge in [-0.25, -0.2) is 14.2 Å². The molecular formula is C29H28F4N4O4. The van der Waals surface area contributed by atoms with E-state index < -0.39 is 42.1 Å². The molecule has 3 aromatic carbocycles. The Hall–Kier alpha value is -4.45. The first-order valence-electron chi connectivity index (χ1n) is 12.6. The fourth-order valence-electron chi connectivity index (χ4n) is 4.42. The van der Waals surface area contributed by atoms with Crippen molar-refractivity contribution in [2.75, 3.05) is 39.2 Å². The lowest BCUT2D eigenvalue weighted by molar-refractivity contribution is -0.137. The van der Waals surface area contributed by atoms with Crippen molar-refractivity contribution in [3.05, 3.63) is 95.3 Å². The summed E-state index contributed by atoms with van der Waals surface area (Å²) in [5.41, 5.74) is 0.507. The minimum absolute atomic E-state index is 0.00571. The number of methoxy groups -OCH3 is 2. The molecule has 8 nitrogen and oxygen atoms in total. The first-order chi connectivity index (χ1) is 19.6. The number of hydrogen-bond acceptors (Lipinski definition) is 5. The Balaban J connectivity index is 1.60. The maximum Gasteiger partial charge on any atom is 0.416 e. The molecule has 216 valence electrons. The number of rotatable bonds is 9. The largest absolute Gasteiger partial charge is 0.496 e.